The molecule has 9 amide bonds. The summed E-state index contributed by atoms with van der Waals surface area (Å²) in [5.41, 5.74) is 5.73. The van der Waals surface area contributed by atoms with Crippen molar-refractivity contribution in [1.29, 1.82) is 0 Å². The number of phenols is 1. The van der Waals surface area contributed by atoms with Crippen LogP contribution >= 0.6 is 0 Å². The maximum absolute atomic E-state index is 14.6. The third kappa shape index (κ3) is 11.6. The van der Waals surface area contributed by atoms with E-state index in [2.05, 4.69) is 42.2 Å². The van der Waals surface area contributed by atoms with Crippen LogP contribution in [-0.4, -0.2) is 168 Å². The molecular formula is C39H54N10O14S. The zero-order valence-corrected chi connectivity index (χ0v) is 36.0. The maximum atomic E-state index is 14.6. The standard InChI is InChI=1S/C39H54N10O14S/c1-4-16(2)31-36(60)42-11-29(55)43-25-15-64(63)38-21(20-6-5-18(51)7-22(20)46-38)9-23(33(57)41-12-30(56)47-31)44-37(61)32(17(3)27(53)14-50)48-35(59)26-8-19(52)13-49(26)39(62)24(10-28(40)54)45-34(25)58/h5-7,16-17,19,23-27,31-32,46,50-53H,4,8-15H2,1-3H3,(H2,40,54)(H,41,57)(H,42,60)(H,43,55)(H,44,61)(H,45,58)(H,47,56)(H,48,59)/t16-,17-,19+,23-,24-,25-,26?,27-,31-,32-,64?/m0/s1. The summed E-state index contributed by atoms with van der Waals surface area (Å²) < 4.78 is 14.6. The number of rotatable bonds is 7. The predicted octanol–water partition coefficient (Wildman–Crippen LogP) is -5.92. The number of phenolic OH excluding ortho intramolecular Hbond substituents is 1. The van der Waals surface area contributed by atoms with Crippen LogP contribution in [0.15, 0.2) is 23.2 Å². The number of aromatic hydroxyl groups is 1. The molecule has 3 aliphatic rings. The number of aliphatic hydroxyl groups is 3. The summed E-state index contributed by atoms with van der Waals surface area (Å²) in [4.78, 5) is 127. The summed E-state index contributed by atoms with van der Waals surface area (Å²) in [7, 11) is 0. The van der Waals surface area contributed by atoms with Gasteiger partial charge in [-0.3, -0.25) is 43.2 Å². The van der Waals surface area contributed by atoms with E-state index in [1.54, 1.807) is 13.8 Å². The second-order valence-corrected chi connectivity index (χ2v) is 17.6. The lowest BCUT2D eigenvalue weighted by Gasteiger charge is -2.32. The number of fused-ring (bicyclic) bond motifs is 5. The average molecular weight is 919 g/mol. The fourth-order valence-corrected chi connectivity index (χ4v) is 9.10. The van der Waals surface area contributed by atoms with Crippen LogP contribution in [0.25, 0.3) is 10.9 Å². The minimum Gasteiger partial charge on any atom is -0.610 e. The third-order valence-electron chi connectivity index (χ3n) is 11.5. The van der Waals surface area contributed by atoms with Crippen molar-refractivity contribution in [2.75, 3.05) is 32.0 Å². The topological polar surface area (TPSA) is 387 Å². The van der Waals surface area contributed by atoms with Crippen LogP contribution in [0.5, 0.6) is 5.75 Å². The molecule has 1 fully saturated rings. The van der Waals surface area contributed by atoms with E-state index in [0.29, 0.717) is 6.42 Å². The van der Waals surface area contributed by atoms with E-state index in [1.807, 2.05) is 0 Å². The number of hydrogen-bond acceptors (Lipinski definition) is 14. The molecule has 2 unspecified atom stereocenters. The summed E-state index contributed by atoms with van der Waals surface area (Å²) in [5.74, 6) is -12.1. The molecule has 0 aliphatic carbocycles. The Kier molecular flexibility index (Phi) is 16.2. The van der Waals surface area contributed by atoms with Crippen molar-refractivity contribution in [2.24, 2.45) is 17.6 Å². The summed E-state index contributed by atoms with van der Waals surface area (Å²) in [6.45, 7) is 1.76. The second-order valence-electron chi connectivity index (χ2n) is 16.1. The van der Waals surface area contributed by atoms with Crippen molar-refractivity contribution in [3.63, 3.8) is 0 Å². The Hall–Kier alpha value is -6.02. The van der Waals surface area contributed by atoms with E-state index in [-0.39, 0.29) is 27.2 Å². The molecule has 350 valence electrons. The summed E-state index contributed by atoms with van der Waals surface area (Å²) in [6.07, 6.45) is -4.42. The Morgan fingerprint density at radius 3 is 2.22 bits per heavy atom. The van der Waals surface area contributed by atoms with Gasteiger partial charge in [-0.25, -0.2) is 0 Å². The first-order valence-corrected chi connectivity index (χ1v) is 21.9. The number of amides is 9. The molecule has 4 heterocycles. The molecule has 2 aromatic rings. The number of nitrogens with zero attached hydrogens (tertiary/aromatic N) is 1. The fourth-order valence-electron chi connectivity index (χ4n) is 7.70. The highest BCUT2D eigenvalue weighted by atomic mass is 32.2. The Labute approximate surface area is 368 Å². The molecule has 2 bridgehead atoms. The first-order valence-electron chi connectivity index (χ1n) is 20.6. The number of nitrogens with one attached hydrogen (secondary N) is 8. The first-order chi connectivity index (χ1) is 30.2. The summed E-state index contributed by atoms with van der Waals surface area (Å²) in [5, 5.41) is 58.8. The van der Waals surface area contributed by atoms with Crippen LogP contribution < -0.4 is 43.0 Å². The van der Waals surface area contributed by atoms with Crippen molar-refractivity contribution in [3.05, 3.63) is 23.8 Å². The van der Waals surface area contributed by atoms with Crippen molar-refractivity contribution < 1.29 is 68.1 Å². The number of aliphatic hydroxyl groups excluding tert-OH is 3. The van der Waals surface area contributed by atoms with Gasteiger partial charge in [-0.05, 0) is 18.1 Å². The van der Waals surface area contributed by atoms with E-state index >= 15 is 0 Å². The van der Waals surface area contributed by atoms with Crippen molar-refractivity contribution >= 4 is 75.2 Å². The fraction of sp³-hybridized carbons (Fsp3) is 0.564. The minimum atomic E-state index is -2.38. The Bertz CT molecular complexity index is 2160. The van der Waals surface area contributed by atoms with Gasteiger partial charge in [0.15, 0.2) is 6.04 Å². The monoisotopic (exact) mass is 918 g/mol. The third-order valence-corrected chi connectivity index (χ3v) is 13.0. The summed E-state index contributed by atoms with van der Waals surface area (Å²) >= 11 is -2.38. The number of benzene rings is 1. The first kappa shape index (κ1) is 49.0. The Morgan fingerprint density at radius 2 is 1.56 bits per heavy atom. The highest BCUT2D eigenvalue weighted by Crippen LogP contribution is 2.31. The molecule has 1 aromatic heterocycles. The lowest BCUT2D eigenvalue weighted by molar-refractivity contribution is -0.144. The van der Waals surface area contributed by atoms with Gasteiger partial charge < -0.3 is 77.8 Å². The number of carbonyl (C=O) groups excluding carboxylic acids is 9. The van der Waals surface area contributed by atoms with Gasteiger partial charge >= 0.3 is 0 Å². The normalized spacial score (nSPS) is 28.5. The summed E-state index contributed by atoms with van der Waals surface area (Å²) in [6, 6.07) is -5.99. The van der Waals surface area contributed by atoms with Crippen LogP contribution in [0.3, 0.4) is 0 Å². The van der Waals surface area contributed by atoms with Crippen LogP contribution in [0.1, 0.15) is 45.6 Å². The lowest BCUT2D eigenvalue weighted by atomic mass is 9.93. The molecule has 64 heavy (non-hydrogen) atoms. The lowest BCUT2D eigenvalue weighted by Crippen LogP contribution is -2.62. The van der Waals surface area contributed by atoms with E-state index in [4.69, 9.17) is 5.73 Å². The molecule has 3 aliphatic heterocycles. The number of carbonyl (C=O) groups is 9. The van der Waals surface area contributed by atoms with Crippen molar-refractivity contribution in [3.8, 4) is 5.75 Å². The average Bonchev–Trinajstić information content (AvgIpc) is 3.82. The van der Waals surface area contributed by atoms with Gasteiger partial charge in [0.1, 0.15) is 41.7 Å². The van der Waals surface area contributed by atoms with Crippen LogP contribution in [-0.2, 0) is 60.7 Å². The van der Waals surface area contributed by atoms with E-state index in [9.17, 15) is 68.1 Å². The highest BCUT2D eigenvalue weighted by molar-refractivity contribution is 7.91. The van der Waals surface area contributed by atoms with Crippen molar-refractivity contribution in [1.82, 2.24) is 47.1 Å². The number of aromatic nitrogens is 1. The molecule has 1 saturated heterocycles. The predicted molar refractivity (Wildman–Crippen MR) is 222 cm³/mol. The number of primary amides is 1. The molecule has 0 spiro atoms. The SMILES string of the molecule is CC[C@H](C)[C@@H]1NC(=O)CNC(=O)[C@@H]2Cc3c([nH]c4cc(O)ccc34)[S+]([O-])C[C@H](NC(=O)CNC1=O)C(=O)N[C@@H](CC(N)=O)C(=O)N1C[C@H](O)CC1C(=O)N[C@@H]([C@@H](C)[C@@H](O)CO)C(=O)N2. The number of nitrogens with two attached hydrogens (primary N) is 1. The van der Waals surface area contributed by atoms with Crippen LogP contribution in [0, 0.1) is 11.8 Å². The number of aromatic amines is 1. The molecule has 25 heteroatoms. The largest absolute Gasteiger partial charge is 0.610 e. The number of hydrogen-bond donors (Lipinski definition) is 13. The molecule has 0 radical (unpaired) electrons. The number of H-pyrrole nitrogens is 1. The van der Waals surface area contributed by atoms with Gasteiger partial charge in [-0.15, -0.1) is 0 Å². The quantitative estimate of drug-likeness (QED) is 0.115. The molecule has 11 atom stereocenters. The van der Waals surface area contributed by atoms with Gasteiger partial charge in [0, 0.05) is 53.5 Å². The zero-order valence-electron chi connectivity index (χ0n) is 35.2. The highest BCUT2D eigenvalue weighted by Gasteiger charge is 2.45. The molecule has 14 N–H and O–H groups in total. The minimum absolute atomic E-state index is 0.0800. The van der Waals surface area contributed by atoms with E-state index in [1.165, 1.54) is 25.1 Å². The molecule has 5 rings (SSSR count). The second kappa shape index (κ2) is 21.1. The van der Waals surface area contributed by atoms with Gasteiger partial charge in [0.25, 0.3) is 0 Å². The van der Waals surface area contributed by atoms with Gasteiger partial charge in [0.2, 0.25) is 58.2 Å². The maximum Gasteiger partial charge on any atom is 0.248 e. The molecule has 24 nitrogen and oxygen atoms in total. The molecular weight excluding hydrogens is 865 g/mol. The van der Waals surface area contributed by atoms with Gasteiger partial charge in [0.05, 0.1) is 43.8 Å². The van der Waals surface area contributed by atoms with Crippen LogP contribution in [0.2, 0.25) is 0 Å². The van der Waals surface area contributed by atoms with Gasteiger partial charge in [-0.2, -0.15) is 0 Å². The molecule has 1 aromatic carbocycles. The van der Waals surface area contributed by atoms with E-state index < -0.39 is 176 Å². The zero-order chi connectivity index (χ0) is 47.2. The van der Waals surface area contributed by atoms with E-state index in [0.717, 1.165) is 4.90 Å². The van der Waals surface area contributed by atoms with Gasteiger partial charge in [-0.1, -0.05) is 27.2 Å². The Balaban J connectivity index is 1.73. The molecule has 0 saturated carbocycles. The smallest absolute Gasteiger partial charge is 0.248 e. The van der Waals surface area contributed by atoms with Crippen LogP contribution in [0.4, 0.5) is 0 Å². The van der Waals surface area contributed by atoms with Crippen molar-refractivity contribution in [2.45, 2.75) is 99.9 Å². The Morgan fingerprint density at radius 1 is 0.891 bits per heavy atom.